The number of Topliss-reactive ketones (excluding diaryl/α,β-unsaturated/α-hetero) is 1. The molecule has 142 valence electrons. The first-order valence-electron chi connectivity index (χ1n) is 8.06. The second-order valence-electron chi connectivity index (χ2n) is 5.76. The molecule has 9 heteroatoms. The Morgan fingerprint density at radius 1 is 1.31 bits per heavy atom. The molecule has 1 fully saturated rings. The maximum atomic E-state index is 14.1. The van der Waals surface area contributed by atoms with Crippen LogP contribution in [0.4, 0.5) is 13.6 Å². The van der Waals surface area contributed by atoms with Gasteiger partial charge in [0.1, 0.15) is 11.6 Å². The summed E-state index contributed by atoms with van der Waals surface area (Å²) in [6, 6.07) is 1.65. The van der Waals surface area contributed by atoms with Crippen molar-refractivity contribution in [1.29, 1.82) is 0 Å². The molecule has 2 amide bonds. The molecule has 1 aliphatic heterocycles. The highest BCUT2D eigenvalue weighted by Gasteiger charge is 2.26. The molecule has 26 heavy (non-hydrogen) atoms. The first-order valence-corrected chi connectivity index (χ1v) is 8.06. The van der Waals surface area contributed by atoms with Gasteiger partial charge in [-0.25, -0.2) is 13.6 Å². The van der Waals surface area contributed by atoms with Crippen LogP contribution in [0.2, 0.25) is 0 Å². The highest BCUT2D eigenvalue weighted by atomic mass is 19.1. The summed E-state index contributed by atoms with van der Waals surface area (Å²) in [6.45, 7) is 0.902. The van der Waals surface area contributed by atoms with Crippen molar-refractivity contribution in [3.8, 4) is 0 Å². The molecule has 0 unspecified atom stereocenters. The third kappa shape index (κ3) is 4.54. The van der Waals surface area contributed by atoms with Gasteiger partial charge in [0.25, 0.3) is 5.91 Å². The lowest BCUT2D eigenvalue weighted by Gasteiger charge is -2.31. The Labute approximate surface area is 149 Å². The summed E-state index contributed by atoms with van der Waals surface area (Å²) in [5.74, 6) is -3.56. The van der Waals surface area contributed by atoms with Crippen molar-refractivity contribution in [2.75, 3.05) is 33.9 Å². The SMILES string of the molecule is CNC(=O)c1cc(F)c(C(=O)CC[C@H]2CN(C(=O)OC)CCO2)c(F)c1. The number of hydrogen-bond donors (Lipinski definition) is 1. The van der Waals surface area contributed by atoms with Gasteiger partial charge in [0, 0.05) is 25.6 Å². The number of ketones is 1. The maximum absolute atomic E-state index is 14.1. The van der Waals surface area contributed by atoms with Gasteiger partial charge in [-0.15, -0.1) is 0 Å². The molecule has 1 aromatic carbocycles. The van der Waals surface area contributed by atoms with Crippen LogP contribution in [-0.2, 0) is 9.47 Å². The molecule has 0 radical (unpaired) electrons. The van der Waals surface area contributed by atoms with Crippen LogP contribution in [0.1, 0.15) is 33.6 Å². The van der Waals surface area contributed by atoms with E-state index in [1.807, 2.05) is 0 Å². The molecule has 1 aliphatic rings. The van der Waals surface area contributed by atoms with Crippen molar-refractivity contribution in [1.82, 2.24) is 10.2 Å². The summed E-state index contributed by atoms with van der Waals surface area (Å²) >= 11 is 0. The highest BCUT2D eigenvalue weighted by molar-refractivity contribution is 5.99. The molecule has 1 atom stereocenters. The number of benzene rings is 1. The minimum Gasteiger partial charge on any atom is -0.453 e. The Balaban J connectivity index is 2.02. The van der Waals surface area contributed by atoms with Gasteiger partial charge in [-0.3, -0.25) is 9.59 Å². The minimum atomic E-state index is -1.09. The fourth-order valence-electron chi connectivity index (χ4n) is 2.72. The van der Waals surface area contributed by atoms with Crippen molar-refractivity contribution < 1.29 is 32.6 Å². The number of methoxy groups -OCH3 is 1. The smallest absolute Gasteiger partial charge is 0.409 e. The van der Waals surface area contributed by atoms with Crippen LogP contribution in [0.15, 0.2) is 12.1 Å². The molecule has 1 N–H and O–H groups in total. The van der Waals surface area contributed by atoms with Crippen LogP contribution in [-0.4, -0.2) is 62.6 Å². The van der Waals surface area contributed by atoms with Gasteiger partial charge < -0.3 is 19.7 Å². The molecule has 2 rings (SSSR count). The Bertz CT molecular complexity index is 687. The van der Waals surface area contributed by atoms with Crippen LogP contribution in [0, 0.1) is 11.6 Å². The molecular formula is C17H20F2N2O5. The summed E-state index contributed by atoms with van der Waals surface area (Å²) in [5.41, 5.74) is -0.887. The van der Waals surface area contributed by atoms with E-state index in [1.165, 1.54) is 19.1 Å². The zero-order chi connectivity index (χ0) is 19.3. The number of hydrogen-bond acceptors (Lipinski definition) is 5. The van der Waals surface area contributed by atoms with Crippen LogP contribution >= 0.6 is 0 Å². The van der Waals surface area contributed by atoms with Gasteiger partial charge in [0.2, 0.25) is 0 Å². The lowest BCUT2D eigenvalue weighted by atomic mass is 10.0. The Hall–Kier alpha value is -2.55. The zero-order valence-electron chi connectivity index (χ0n) is 14.5. The van der Waals surface area contributed by atoms with E-state index in [0.29, 0.717) is 6.54 Å². The Morgan fingerprint density at radius 2 is 1.96 bits per heavy atom. The number of carbonyl (C=O) groups is 3. The lowest BCUT2D eigenvalue weighted by molar-refractivity contribution is -0.0278. The van der Waals surface area contributed by atoms with Crippen molar-refractivity contribution in [2.24, 2.45) is 0 Å². The third-order valence-corrected chi connectivity index (χ3v) is 4.08. The fraction of sp³-hybridized carbons (Fsp3) is 0.471. The monoisotopic (exact) mass is 370 g/mol. The normalized spacial score (nSPS) is 16.9. The van der Waals surface area contributed by atoms with E-state index in [2.05, 4.69) is 10.1 Å². The average Bonchev–Trinajstić information content (AvgIpc) is 2.64. The van der Waals surface area contributed by atoms with Gasteiger partial charge in [-0.2, -0.15) is 0 Å². The molecule has 0 spiro atoms. The number of carbonyl (C=O) groups excluding carboxylic acids is 3. The van der Waals surface area contributed by atoms with Gasteiger partial charge in [0.05, 0.1) is 31.9 Å². The molecular weight excluding hydrogens is 350 g/mol. The molecule has 1 aromatic rings. The van der Waals surface area contributed by atoms with E-state index in [9.17, 15) is 23.2 Å². The average molecular weight is 370 g/mol. The standard InChI is InChI=1S/C17H20F2N2O5/c1-20-16(23)10-7-12(18)15(13(19)8-10)14(22)4-3-11-9-21(5-6-26-11)17(24)25-2/h7-8,11H,3-6,9H2,1-2H3,(H,20,23)/t11-/m0/s1. The van der Waals surface area contributed by atoms with Gasteiger partial charge in [0.15, 0.2) is 5.78 Å². The number of nitrogens with one attached hydrogen (secondary N) is 1. The summed E-state index contributed by atoms with van der Waals surface area (Å²) in [6.07, 6.45) is -0.885. The molecule has 0 saturated carbocycles. The van der Waals surface area contributed by atoms with E-state index in [4.69, 9.17) is 4.74 Å². The molecule has 0 bridgehead atoms. The van der Waals surface area contributed by atoms with E-state index in [-0.39, 0.29) is 31.6 Å². The van der Waals surface area contributed by atoms with Crippen LogP contribution in [0.25, 0.3) is 0 Å². The molecule has 0 aliphatic carbocycles. The third-order valence-electron chi connectivity index (χ3n) is 4.08. The van der Waals surface area contributed by atoms with E-state index < -0.39 is 41.1 Å². The minimum absolute atomic E-state index is 0.160. The van der Waals surface area contributed by atoms with Crippen LogP contribution < -0.4 is 5.32 Å². The zero-order valence-corrected chi connectivity index (χ0v) is 14.5. The van der Waals surface area contributed by atoms with Gasteiger partial charge in [-0.1, -0.05) is 0 Å². The number of halogens is 2. The number of ether oxygens (including phenoxy) is 2. The Kier molecular flexibility index (Phi) is 6.62. The van der Waals surface area contributed by atoms with Crippen molar-refractivity contribution in [3.05, 3.63) is 34.9 Å². The molecule has 1 saturated heterocycles. The topological polar surface area (TPSA) is 84.9 Å². The second kappa shape index (κ2) is 8.70. The van der Waals surface area contributed by atoms with Crippen LogP contribution in [0.3, 0.4) is 0 Å². The predicted octanol–water partition coefficient (Wildman–Crippen LogP) is 1.75. The first kappa shape index (κ1) is 19.8. The molecule has 7 nitrogen and oxygen atoms in total. The van der Waals surface area contributed by atoms with Crippen molar-refractivity contribution >= 4 is 17.8 Å². The largest absolute Gasteiger partial charge is 0.453 e. The van der Waals surface area contributed by atoms with Gasteiger partial charge >= 0.3 is 6.09 Å². The summed E-state index contributed by atoms with van der Waals surface area (Å²) in [7, 11) is 2.60. The Morgan fingerprint density at radius 3 is 2.54 bits per heavy atom. The van der Waals surface area contributed by atoms with Crippen molar-refractivity contribution in [2.45, 2.75) is 18.9 Å². The van der Waals surface area contributed by atoms with Crippen molar-refractivity contribution in [3.63, 3.8) is 0 Å². The maximum Gasteiger partial charge on any atom is 0.409 e. The predicted molar refractivity (Wildman–Crippen MR) is 87.0 cm³/mol. The summed E-state index contributed by atoms with van der Waals surface area (Å²) in [4.78, 5) is 36.6. The molecule has 0 aromatic heterocycles. The lowest BCUT2D eigenvalue weighted by Crippen LogP contribution is -2.45. The van der Waals surface area contributed by atoms with E-state index in [0.717, 1.165) is 12.1 Å². The number of morpholine rings is 1. The quantitative estimate of drug-likeness (QED) is 0.799. The van der Waals surface area contributed by atoms with E-state index in [1.54, 1.807) is 0 Å². The van der Waals surface area contributed by atoms with Gasteiger partial charge in [-0.05, 0) is 18.6 Å². The summed E-state index contributed by atoms with van der Waals surface area (Å²) in [5, 5.41) is 2.25. The highest BCUT2D eigenvalue weighted by Crippen LogP contribution is 2.20. The van der Waals surface area contributed by atoms with E-state index >= 15 is 0 Å². The number of rotatable bonds is 5. The number of nitrogens with zero attached hydrogens (tertiary/aromatic N) is 1. The first-order chi connectivity index (χ1) is 12.4. The molecule has 1 heterocycles. The fourth-order valence-corrected chi connectivity index (χ4v) is 2.72. The second-order valence-corrected chi connectivity index (χ2v) is 5.76. The number of amides is 2. The van der Waals surface area contributed by atoms with Crippen LogP contribution in [0.5, 0.6) is 0 Å². The summed E-state index contributed by atoms with van der Waals surface area (Å²) < 4.78 is 38.3.